The maximum atomic E-state index is 13.7. The second-order valence-corrected chi connectivity index (χ2v) is 13.7. The van der Waals surface area contributed by atoms with Crippen molar-refractivity contribution in [1.82, 2.24) is 4.31 Å². The number of hydrogen-bond acceptors (Lipinski definition) is 2. The SMILES string of the molecule is Cc1cc(C)cc(CN(CCCC[N+](C)(C)Cc2cc(C)cc(C)c2)S(=O)(=O)c2ccc(Cl)cc2Cl)c1. The Balaban J connectivity index is 1.75. The van der Waals surface area contributed by atoms with Crippen LogP contribution in [0, 0.1) is 27.7 Å². The number of unbranched alkanes of at least 4 members (excludes halogenated alkanes) is 1. The lowest BCUT2D eigenvalue weighted by atomic mass is 10.1. The van der Waals surface area contributed by atoms with Crippen LogP contribution in [0.2, 0.25) is 10.0 Å². The van der Waals surface area contributed by atoms with Crippen molar-refractivity contribution >= 4 is 33.2 Å². The summed E-state index contributed by atoms with van der Waals surface area (Å²) >= 11 is 12.4. The third-order valence-electron chi connectivity index (χ3n) is 6.47. The van der Waals surface area contributed by atoms with Gasteiger partial charge in [-0.1, -0.05) is 81.9 Å². The number of hydrogen-bond donors (Lipinski definition) is 0. The molecule has 0 aliphatic rings. The zero-order chi connectivity index (χ0) is 27.4. The maximum absolute atomic E-state index is 13.7. The second kappa shape index (κ2) is 12.3. The topological polar surface area (TPSA) is 37.4 Å². The van der Waals surface area contributed by atoms with Crippen molar-refractivity contribution in [3.05, 3.63) is 98.0 Å². The Kier molecular flexibility index (Phi) is 9.87. The lowest BCUT2D eigenvalue weighted by Crippen LogP contribution is -2.40. The van der Waals surface area contributed by atoms with Gasteiger partial charge in [-0.2, -0.15) is 4.31 Å². The van der Waals surface area contributed by atoms with E-state index in [2.05, 4.69) is 52.2 Å². The van der Waals surface area contributed by atoms with Crippen LogP contribution in [0.3, 0.4) is 0 Å². The van der Waals surface area contributed by atoms with E-state index in [4.69, 9.17) is 23.2 Å². The number of halogens is 2. The Hall–Kier alpha value is -1.89. The molecule has 7 heteroatoms. The van der Waals surface area contributed by atoms with Gasteiger partial charge >= 0.3 is 0 Å². The molecule has 37 heavy (non-hydrogen) atoms. The second-order valence-electron chi connectivity index (χ2n) is 10.9. The molecule has 0 atom stereocenters. The highest BCUT2D eigenvalue weighted by molar-refractivity contribution is 7.89. The maximum Gasteiger partial charge on any atom is 0.244 e. The van der Waals surface area contributed by atoms with E-state index in [0.717, 1.165) is 47.1 Å². The van der Waals surface area contributed by atoms with Crippen LogP contribution in [0.1, 0.15) is 46.2 Å². The molecular weight excluding hydrogens is 523 g/mol. The fraction of sp³-hybridized carbons (Fsp3) is 0.400. The van der Waals surface area contributed by atoms with Gasteiger partial charge in [-0.05, 0) is 64.3 Å². The van der Waals surface area contributed by atoms with Gasteiger partial charge in [0.05, 0.1) is 25.7 Å². The van der Waals surface area contributed by atoms with E-state index in [1.165, 1.54) is 28.8 Å². The first kappa shape index (κ1) is 29.7. The van der Waals surface area contributed by atoms with E-state index in [9.17, 15) is 8.42 Å². The molecule has 4 nitrogen and oxygen atoms in total. The van der Waals surface area contributed by atoms with Gasteiger partial charge in [0.1, 0.15) is 11.4 Å². The standard InChI is InChI=1S/C30H39Cl2N2O2S/c1-22-13-23(2)16-26(15-22)20-33(37(35,36)30-10-9-28(31)19-29(30)32)11-7-8-12-34(5,6)21-27-17-24(3)14-25(4)18-27/h9-10,13-19H,7-8,11-12,20-21H2,1-6H3/q+1. The van der Waals surface area contributed by atoms with Gasteiger partial charge in [0.15, 0.2) is 0 Å². The number of nitrogens with zero attached hydrogens (tertiary/aromatic N) is 2. The van der Waals surface area contributed by atoms with Crippen LogP contribution in [-0.4, -0.2) is 44.4 Å². The van der Waals surface area contributed by atoms with Crippen LogP contribution in [0.15, 0.2) is 59.5 Å². The molecule has 0 saturated heterocycles. The molecule has 0 amide bonds. The van der Waals surface area contributed by atoms with E-state index in [1.807, 2.05) is 26.0 Å². The number of quaternary nitrogens is 1. The third kappa shape index (κ3) is 8.56. The molecule has 0 fully saturated rings. The first-order valence-corrected chi connectivity index (χ1v) is 14.9. The first-order valence-electron chi connectivity index (χ1n) is 12.7. The number of sulfonamides is 1. The van der Waals surface area contributed by atoms with E-state index in [0.29, 0.717) is 18.1 Å². The van der Waals surface area contributed by atoms with Crippen molar-refractivity contribution < 1.29 is 12.9 Å². The quantitative estimate of drug-likeness (QED) is 0.180. The molecule has 3 aromatic rings. The summed E-state index contributed by atoms with van der Waals surface area (Å²) < 4.78 is 29.9. The summed E-state index contributed by atoms with van der Waals surface area (Å²) in [6.07, 6.45) is 1.66. The zero-order valence-corrected chi connectivity index (χ0v) is 25.1. The normalized spacial score (nSPS) is 12.4. The van der Waals surface area contributed by atoms with Crippen molar-refractivity contribution in [2.45, 2.75) is 58.5 Å². The zero-order valence-electron chi connectivity index (χ0n) is 22.8. The van der Waals surface area contributed by atoms with Crippen molar-refractivity contribution in [3.8, 4) is 0 Å². The summed E-state index contributed by atoms with van der Waals surface area (Å²) in [5.74, 6) is 0. The average molecular weight is 563 g/mol. The van der Waals surface area contributed by atoms with E-state index in [1.54, 1.807) is 10.4 Å². The van der Waals surface area contributed by atoms with Crippen molar-refractivity contribution in [2.24, 2.45) is 0 Å². The summed E-state index contributed by atoms with van der Waals surface area (Å²) in [5.41, 5.74) is 7.09. The molecule has 200 valence electrons. The molecule has 0 unspecified atom stereocenters. The van der Waals surface area contributed by atoms with E-state index >= 15 is 0 Å². The lowest BCUT2D eigenvalue weighted by molar-refractivity contribution is -0.903. The van der Waals surface area contributed by atoms with E-state index in [-0.39, 0.29) is 9.92 Å². The number of benzene rings is 3. The summed E-state index contributed by atoms with van der Waals surface area (Å²) in [4.78, 5) is 0.0915. The Labute approximate surface area is 233 Å². The fourth-order valence-corrected chi connectivity index (χ4v) is 7.25. The number of rotatable bonds is 11. The van der Waals surface area contributed by atoms with Gasteiger partial charge in [0.2, 0.25) is 10.0 Å². The average Bonchev–Trinajstić information content (AvgIpc) is 2.73. The molecule has 0 N–H and O–H groups in total. The third-order valence-corrected chi connectivity index (χ3v) is 9.03. The molecule has 3 rings (SSSR count). The molecule has 0 radical (unpaired) electrons. The van der Waals surface area contributed by atoms with Crippen molar-refractivity contribution in [1.29, 1.82) is 0 Å². The Morgan fingerprint density at radius 2 is 1.30 bits per heavy atom. The van der Waals surface area contributed by atoms with Gasteiger partial charge in [-0.15, -0.1) is 0 Å². The summed E-state index contributed by atoms with van der Waals surface area (Å²) in [5, 5.41) is 0.554. The fourth-order valence-electron chi connectivity index (χ4n) is 5.03. The van der Waals surface area contributed by atoms with Crippen LogP contribution >= 0.6 is 23.2 Å². The summed E-state index contributed by atoms with van der Waals surface area (Å²) in [6.45, 7) is 10.9. The number of aryl methyl sites for hydroxylation is 4. The Morgan fingerprint density at radius 3 is 1.84 bits per heavy atom. The smallest absolute Gasteiger partial charge is 0.244 e. The van der Waals surface area contributed by atoms with E-state index < -0.39 is 10.0 Å². The largest absolute Gasteiger partial charge is 0.325 e. The minimum absolute atomic E-state index is 0.0915. The van der Waals surface area contributed by atoms with Crippen molar-refractivity contribution in [3.63, 3.8) is 0 Å². The molecule has 3 aromatic carbocycles. The minimum Gasteiger partial charge on any atom is -0.325 e. The highest BCUT2D eigenvalue weighted by atomic mass is 35.5. The molecule has 0 bridgehead atoms. The molecule has 0 aromatic heterocycles. The molecule has 0 aliphatic heterocycles. The van der Waals surface area contributed by atoms with Gasteiger partial charge in [-0.3, -0.25) is 0 Å². The van der Waals surface area contributed by atoms with Crippen LogP contribution < -0.4 is 0 Å². The van der Waals surface area contributed by atoms with Gasteiger partial charge in [-0.25, -0.2) is 8.42 Å². The highest BCUT2D eigenvalue weighted by Crippen LogP contribution is 2.29. The predicted molar refractivity (Wildman–Crippen MR) is 156 cm³/mol. The van der Waals surface area contributed by atoms with Gasteiger partial charge in [0.25, 0.3) is 0 Å². The van der Waals surface area contributed by atoms with Gasteiger partial charge < -0.3 is 4.48 Å². The molecule has 0 aliphatic carbocycles. The Morgan fingerprint density at radius 1 is 0.757 bits per heavy atom. The summed E-state index contributed by atoms with van der Waals surface area (Å²) in [6, 6.07) is 17.4. The van der Waals surface area contributed by atoms with Crippen molar-refractivity contribution in [2.75, 3.05) is 27.2 Å². The van der Waals surface area contributed by atoms with Gasteiger partial charge in [0, 0.05) is 23.7 Å². The minimum atomic E-state index is -3.81. The highest BCUT2D eigenvalue weighted by Gasteiger charge is 2.27. The first-order chi connectivity index (χ1) is 17.2. The van der Waals surface area contributed by atoms with Crippen LogP contribution in [0.4, 0.5) is 0 Å². The molecule has 0 spiro atoms. The molecular formula is C30H39Cl2N2O2S+. The Bertz CT molecular complexity index is 1310. The molecule has 0 saturated carbocycles. The molecule has 0 heterocycles. The lowest BCUT2D eigenvalue weighted by Gasteiger charge is -2.31. The summed E-state index contributed by atoms with van der Waals surface area (Å²) in [7, 11) is 0.654. The van der Waals surface area contributed by atoms with Crippen LogP contribution in [0.25, 0.3) is 0 Å². The monoisotopic (exact) mass is 561 g/mol. The van der Waals surface area contributed by atoms with Crippen LogP contribution in [-0.2, 0) is 23.1 Å². The predicted octanol–water partition coefficient (Wildman–Crippen LogP) is 7.47. The van der Waals surface area contributed by atoms with Crippen LogP contribution in [0.5, 0.6) is 0 Å².